The first-order valence-corrected chi connectivity index (χ1v) is 13.0. The first-order chi connectivity index (χ1) is 17.1. The topological polar surface area (TPSA) is 67.9 Å². The van der Waals surface area contributed by atoms with Gasteiger partial charge < -0.3 is 19.7 Å². The molecule has 5 rings (SSSR count). The number of ether oxygens (including phenoxy) is 2. The summed E-state index contributed by atoms with van der Waals surface area (Å²) >= 11 is 0. The zero-order chi connectivity index (χ0) is 24.3. The number of hydrogen-bond acceptors (Lipinski definition) is 4. The Balaban J connectivity index is 1.30. The Kier molecular flexibility index (Phi) is 7.09. The monoisotopic (exact) mass is 476 g/mol. The minimum atomic E-state index is -0.247. The average Bonchev–Trinajstić information content (AvgIpc) is 3.16. The van der Waals surface area contributed by atoms with Crippen LogP contribution in [-0.4, -0.2) is 49.6 Å². The SMILES string of the molecule is CO[C@H]1[C@H](NC(=O)COc2ccccc2)c2ccccc2C12CCN(C(=O)C1CCCCC1)CC2. The fourth-order valence-corrected chi connectivity index (χ4v) is 6.54. The lowest BCUT2D eigenvalue weighted by Crippen LogP contribution is -2.52. The molecule has 2 aliphatic carbocycles. The molecule has 0 unspecified atom stereocenters. The Labute approximate surface area is 208 Å². The van der Waals surface area contributed by atoms with Gasteiger partial charge in [0.25, 0.3) is 5.91 Å². The van der Waals surface area contributed by atoms with Gasteiger partial charge in [-0.15, -0.1) is 0 Å². The van der Waals surface area contributed by atoms with Crippen LogP contribution in [0.2, 0.25) is 0 Å². The van der Waals surface area contributed by atoms with Gasteiger partial charge in [-0.2, -0.15) is 0 Å². The summed E-state index contributed by atoms with van der Waals surface area (Å²) in [5, 5.41) is 3.19. The number of rotatable bonds is 6. The van der Waals surface area contributed by atoms with E-state index in [-0.39, 0.29) is 36.0 Å². The molecule has 1 saturated carbocycles. The van der Waals surface area contributed by atoms with Crippen molar-refractivity contribution in [2.75, 3.05) is 26.8 Å². The molecule has 2 aromatic rings. The molecule has 0 radical (unpaired) electrons. The molecule has 1 N–H and O–H groups in total. The molecule has 0 aromatic heterocycles. The lowest BCUT2D eigenvalue weighted by Gasteiger charge is -2.45. The summed E-state index contributed by atoms with van der Waals surface area (Å²) in [6.45, 7) is 1.43. The molecule has 1 spiro atoms. The molecule has 1 heterocycles. The minimum absolute atomic E-state index is 0.0459. The van der Waals surface area contributed by atoms with E-state index < -0.39 is 0 Å². The van der Waals surface area contributed by atoms with Gasteiger partial charge in [-0.3, -0.25) is 9.59 Å². The predicted molar refractivity (Wildman–Crippen MR) is 134 cm³/mol. The number of likely N-dealkylation sites (tertiary alicyclic amines) is 1. The lowest BCUT2D eigenvalue weighted by atomic mass is 9.71. The van der Waals surface area contributed by atoms with E-state index in [0.29, 0.717) is 11.7 Å². The van der Waals surface area contributed by atoms with Crippen LogP contribution in [0.15, 0.2) is 54.6 Å². The number of carbonyl (C=O) groups is 2. The highest BCUT2D eigenvalue weighted by molar-refractivity contribution is 5.79. The third kappa shape index (κ3) is 4.68. The summed E-state index contributed by atoms with van der Waals surface area (Å²) in [4.78, 5) is 28.1. The van der Waals surface area contributed by atoms with Crippen LogP contribution in [0, 0.1) is 5.92 Å². The van der Waals surface area contributed by atoms with Crippen molar-refractivity contribution in [1.82, 2.24) is 10.2 Å². The van der Waals surface area contributed by atoms with Crippen LogP contribution >= 0.6 is 0 Å². The maximum absolute atomic E-state index is 13.2. The van der Waals surface area contributed by atoms with Crippen molar-refractivity contribution in [3.8, 4) is 5.75 Å². The second-order valence-corrected chi connectivity index (χ2v) is 10.2. The van der Waals surface area contributed by atoms with Gasteiger partial charge in [0.05, 0.1) is 12.1 Å². The number of methoxy groups -OCH3 is 1. The van der Waals surface area contributed by atoms with Crippen molar-refractivity contribution < 1.29 is 19.1 Å². The van der Waals surface area contributed by atoms with E-state index in [4.69, 9.17) is 9.47 Å². The number of para-hydroxylation sites is 1. The van der Waals surface area contributed by atoms with E-state index in [0.717, 1.165) is 44.3 Å². The van der Waals surface area contributed by atoms with Crippen LogP contribution in [-0.2, 0) is 19.7 Å². The lowest BCUT2D eigenvalue weighted by molar-refractivity contribution is -0.139. The Morgan fingerprint density at radius 3 is 2.37 bits per heavy atom. The molecule has 2 fully saturated rings. The summed E-state index contributed by atoms with van der Waals surface area (Å²) in [7, 11) is 1.73. The zero-order valence-corrected chi connectivity index (χ0v) is 20.6. The highest BCUT2D eigenvalue weighted by atomic mass is 16.5. The van der Waals surface area contributed by atoms with Gasteiger partial charge in [-0.1, -0.05) is 61.7 Å². The van der Waals surface area contributed by atoms with Gasteiger partial charge >= 0.3 is 0 Å². The molecule has 2 atom stereocenters. The summed E-state index contributed by atoms with van der Waals surface area (Å²) in [5.41, 5.74) is 2.14. The van der Waals surface area contributed by atoms with E-state index in [1.807, 2.05) is 36.4 Å². The summed E-state index contributed by atoms with van der Waals surface area (Å²) in [5.74, 6) is 1.04. The standard InChI is InChI=1S/C29H36N2O4/c1-34-27-26(30-25(32)20-35-22-12-6-3-7-13-22)23-14-8-9-15-24(23)29(27)16-18-31(19-17-29)28(33)21-10-4-2-5-11-21/h3,6-9,12-15,21,26-27H,2,4-5,10-11,16-20H2,1H3,(H,30,32)/t26-,27+/m1/s1. The van der Waals surface area contributed by atoms with Gasteiger partial charge in [0.15, 0.2) is 6.61 Å². The van der Waals surface area contributed by atoms with E-state index in [1.54, 1.807) is 7.11 Å². The number of nitrogens with one attached hydrogen (secondary N) is 1. The van der Waals surface area contributed by atoms with Crippen LogP contribution in [0.3, 0.4) is 0 Å². The predicted octanol–water partition coefficient (Wildman–Crippen LogP) is 4.39. The molecule has 2 amide bonds. The Hall–Kier alpha value is -2.86. The van der Waals surface area contributed by atoms with Gasteiger partial charge in [-0.05, 0) is 48.9 Å². The first kappa shape index (κ1) is 23.9. The molecule has 186 valence electrons. The Morgan fingerprint density at radius 2 is 1.66 bits per heavy atom. The molecule has 6 nitrogen and oxygen atoms in total. The van der Waals surface area contributed by atoms with Crippen LogP contribution < -0.4 is 10.1 Å². The highest BCUT2D eigenvalue weighted by Gasteiger charge is 2.54. The molecular weight excluding hydrogens is 440 g/mol. The second kappa shape index (κ2) is 10.4. The molecule has 0 bridgehead atoms. The Morgan fingerprint density at radius 1 is 0.971 bits per heavy atom. The normalized spacial score (nSPS) is 23.6. The van der Waals surface area contributed by atoms with Crippen molar-refractivity contribution >= 4 is 11.8 Å². The van der Waals surface area contributed by atoms with Crippen molar-refractivity contribution in [2.45, 2.75) is 62.5 Å². The quantitative estimate of drug-likeness (QED) is 0.671. The fraction of sp³-hybridized carbons (Fsp3) is 0.517. The van der Waals surface area contributed by atoms with Gasteiger partial charge in [0.1, 0.15) is 5.75 Å². The van der Waals surface area contributed by atoms with E-state index in [9.17, 15) is 9.59 Å². The van der Waals surface area contributed by atoms with Gasteiger partial charge in [0, 0.05) is 31.5 Å². The van der Waals surface area contributed by atoms with Crippen molar-refractivity contribution in [1.29, 1.82) is 0 Å². The van der Waals surface area contributed by atoms with E-state index >= 15 is 0 Å². The maximum atomic E-state index is 13.2. The third-order valence-electron chi connectivity index (χ3n) is 8.28. The van der Waals surface area contributed by atoms with Crippen LogP contribution in [0.5, 0.6) is 5.75 Å². The number of fused-ring (bicyclic) bond motifs is 2. The maximum Gasteiger partial charge on any atom is 0.258 e. The fourth-order valence-electron chi connectivity index (χ4n) is 6.54. The molecule has 35 heavy (non-hydrogen) atoms. The number of hydrogen-bond donors (Lipinski definition) is 1. The zero-order valence-electron chi connectivity index (χ0n) is 20.6. The van der Waals surface area contributed by atoms with Gasteiger partial charge in [0.2, 0.25) is 5.91 Å². The number of piperidine rings is 1. The molecule has 6 heteroatoms. The summed E-state index contributed by atoms with van der Waals surface area (Å²) in [6.07, 6.45) is 7.15. The van der Waals surface area contributed by atoms with E-state index in [1.165, 1.54) is 24.8 Å². The summed E-state index contributed by atoms with van der Waals surface area (Å²) in [6, 6.07) is 17.5. The van der Waals surface area contributed by atoms with Crippen molar-refractivity contribution in [3.05, 3.63) is 65.7 Å². The van der Waals surface area contributed by atoms with Crippen LogP contribution in [0.25, 0.3) is 0 Å². The molecule has 2 aromatic carbocycles. The summed E-state index contributed by atoms with van der Waals surface area (Å²) < 4.78 is 11.8. The largest absolute Gasteiger partial charge is 0.484 e. The first-order valence-electron chi connectivity index (χ1n) is 13.0. The Bertz CT molecular complexity index is 1030. The van der Waals surface area contributed by atoms with E-state index in [2.05, 4.69) is 28.4 Å². The van der Waals surface area contributed by atoms with Gasteiger partial charge in [-0.25, -0.2) is 0 Å². The molecule has 3 aliphatic rings. The van der Waals surface area contributed by atoms with Crippen molar-refractivity contribution in [2.24, 2.45) is 5.92 Å². The number of amides is 2. The number of benzene rings is 2. The van der Waals surface area contributed by atoms with Crippen LogP contribution in [0.4, 0.5) is 0 Å². The molecule has 1 aliphatic heterocycles. The van der Waals surface area contributed by atoms with Crippen molar-refractivity contribution in [3.63, 3.8) is 0 Å². The average molecular weight is 477 g/mol. The minimum Gasteiger partial charge on any atom is -0.484 e. The second-order valence-electron chi connectivity index (χ2n) is 10.2. The number of nitrogens with zero attached hydrogens (tertiary/aromatic N) is 1. The number of carbonyl (C=O) groups excluding carboxylic acids is 2. The highest BCUT2D eigenvalue weighted by Crippen LogP contribution is 2.52. The molecular formula is C29H36N2O4. The smallest absolute Gasteiger partial charge is 0.258 e. The van der Waals surface area contributed by atoms with Crippen LogP contribution in [0.1, 0.15) is 62.1 Å². The third-order valence-corrected chi connectivity index (χ3v) is 8.28. The molecule has 1 saturated heterocycles.